The molecule has 0 aliphatic heterocycles. The van der Waals surface area contributed by atoms with E-state index in [1.807, 2.05) is 6.92 Å². The fourth-order valence-electron chi connectivity index (χ4n) is 2.01. The number of aryl methyl sites for hydroxylation is 2. The van der Waals surface area contributed by atoms with Crippen molar-refractivity contribution in [3.63, 3.8) is 0 Å². The number of rotatable bonds is 5. The first-order valence-electron chi connectivity index (χ1n) is 7.31. The van der Waals surface area contributed by atoms with E-state index in [1.54, 1.807) is 18.4 Å². The van der Waals surface area contributed by atoms with Crippen LogP contribution in [0.5, 0.6) is 0 Å². The van der Waals surface area contributed by atoms with Crippen LogP contribution < -0.4 is 10.6 Å². The maximum Gasteiger partial charge on any atom is 0.191 e. The van der Waals surface area contributed by atoms with Crippen molar-refractivity contribution in [3.05, 3.63) is 51.0 Å². The molecule has 1 heterocycles. The molecular weight excluding hydrogens is 445 g/mol. The predicted octanol–water partition coefficient (Wildman–Crippen LogP) is 3.56. The molecule has 0 fully saturated rings. The number of nitrogens with one attached hydrogen (secondary N) is 2. The number of hydrogen-bond donors (Lipinski definition) is 2. The van der Waals surface area contributed by atoms with Gasteiger partial charge in [-0.05, 0) is 32.0 Å². The van der Waals surface area contributed by atoms with Gasteiger partial charge in [-0.25, -0.2) is 13.8 Å². The topological polar surface area (TPSA) is 49.3 Å². The zero-order valence-electron chi connectivity index (χ0n) is 13.8. The second-order valence-corrected chi connectivity index (χ2v) is 6.38. The molecule has 1 aromatic heterocycles. The van der Waals surface area contributed by atoms with E-state index in [2.05, 4.69) is 27.5 Å². The summed E-state index contributed by atoms with van der Waals surface area (Å²) < 4.78 is 26.7. The van der Waals surface area contributed by atoms with Gasteiger partial charge in [0.25, 0.3) is 0 Å². The van der Waals surface area contributed by atoms with E-state index in [-0.39, 0.29) is 36.1 Å². The molecule has 2 rings (SSSR count). The van der Waals surface area contributed by atoms with E-state index in [0.29, 0.717) is 12.5 Å². The Morgan fingerprint density at radius 3 is 2.62 bits per heavy atom. The van der Waals surface area contributed by atoms with E-state index < -0.39 is 11.6 Å². The lowest BCUT2D eigenvalue weighted by Gasteiger charge is -2.12. The van der Waals surface area contributed by atoms with Gasteiger partial charge in [-0.15, -0.1) is 35.3 Å². The molecule has 0 unspecified atom stereocenters. The molecular formula is C16H21F2IN4S. The van der Waals surface area contributed by atoms with Crippen molar-refractivity contribution in [2.75, 3.05) is 13.6 Å². The molecule has 132 valence electrons. The molecule has 0 radical (unpaired) electrons. The molecule has 0 saturated carbocycles. The monoisotopic (exact) mass is 466 g/mol. The van der Waals surface area contributed by atoms with Gasteiger partial charge in [-0.3, -0.25) is 4.99 Å². The highest BCUT2D eigenvalue weighted by Crippen LogP contribution is 2.16. The van der Waals surface area contributed by atoms with Crippen LogP contribution >= 0.6 is 35.3 Å². The molecule has 2 aromatic rings. The Labute approximate surface area is 161 Å². The van der Waals surface area contributed by atoms with Crippen LogP contribution in [0.15, 0.2) is 23.2 Å². The van der Waals surface area contributed by atoms with Crippen molar-refractivity contribution in [2.45, 2.75) is 26.8 Å². The lowest BCUT2D eigenvalue weighted by Crippen LogP contribution is -2.38. The number of halogens is 3. The average Bonchev–Trinajstić information content (AvgIpc) is 2.84. The normalized spacial score (nSPS) is 11.1. The van der Waals surface area contributed by atoms with Crippen LogP contribution in [-0.4, -0.2) is 24.5 Å². The highest BCUT2D eigenvalue weighted by atomic mass is 127. The maximum atomic E-state index is 13.6. The van der Waals surface area contributed by atoms with E-state index in [1.165, 1.54) is 10.9 Å². The number of guanidine groups is 1. The summed E-state index contributed by atoms with van der Waals surface area (Å²) in [5.74, 6) is -0.359. The number of nitrogens with zero attached hydrogens (tertiary/aromatic N) is 2. The Balaban J connectivity index is 0.00000288. The quantitative estimate of drug-likeness (QED) is 0.403. The fourth-order valence-corrected chi connectivity index (χ4v) is 2.95. The second-order valence-electron chi connectivity index (χ2n) is 5.09. The van der Waals surface area contributed by atoms with Crippen LogP contribution in [0.1, 0.15) is 21.1 Å². The molecule has 1 aromatic carbocycles. The summed E-state index contributed by atoms with van der Waals surface area (Å²) in [6.45, 7) is 4.88. The summed E-state index contributed by atoms with van der Waals surface area (Å²) in [6.07, 6.45) is 0.786. The van der Waals surface area contributed by atoms with Gasteiger partial charge in [0, 0.05) is 37.0 Å². The molecule has 0 aliphatic carbocycles. The van der Waals surface area contributed by atoms with Crippen LogP contribution in [0.4, 0.5) is 8.78 Å². The van der Waals surface area contributed by atoms with Crippen molar-refractivity contribution in [1.82, 2.24) is 15.6 Å². The molecule has 2 N–H and O–H groups in total. The summed E-state index contributed by atoms with van der Waals surface area (Å²) in [5, 5.41) is 7.18. The molecule has 4 nitrogen and oxygen atoms in total. The molecule has 0 amide bonds. The van der Waals surface area contributed by atoms with Gasteiger partial charge in [0.05, 0.1) is 10.7 Å². The van der Waals surface area contributed by atoms with Crippen LogP contribution in [0.2, 0.25) is 0 Å². The van der Waals surface area contributed by atoms with Crippen LogP contribution in [-0.2, 0) is 13.0 Å². The van der Waals surface area contributed by atoms with Crippen molar-refractivity contribution in [1.29, 1.82) is 0 Å². The smallest absolute Gasteiger partial charge is 0.191 e. The van der Waals surface area contributed by atoms with E-state index in [0.717, 1.165) is 29.3 Å². The average molecular weight is 466 g/mol. The highest BCUT2D eigenvalue weighted by molar-refractivity contribution is 14.0. The number of benzene rings is 1. The summed E-state index contributed by atoms with van der Waals surface area (Å²) in [5.41, 5.74) is 1.33. The zero-order chi connectivity index (χ0) is 16.8. The first-order valence-corrected chi connectivity index (χ1v) is 8.12. The van der Waals surface area contributed by atoms with Crippen molar-refractivity contribution >= 4 is 41.3 Å². The van der Waals surface area contributed by atoms with Gasteiger partial charge < -0.3 is 10.6 Å². The molecule has 0 saturated heterocycles. The van der Waals surface area contributed by atoms with Crippen molar-refractivity contribution in [2.24, 2.45) is 4.99 Å². The highest BCUT2D eigenvalue weighted by Gasteiger charge is 2.06. The Bertz CT molecular complexity index is 684. The van der Waals surface area contributed by atoms with Gasteiger partial charge >= 0.3 is 0 Å². The summed E-state index contributed by atoms with van der Waals surface area (Å²) in [6, 6.07) is 3.40. The third kappa shape index (κ3) is 5.97. The van der Waals surface area contributed by atoms with Gasteiger partial charge in [-0.1, -0.05) is 0 Å². The summed E-state index contributed by atoms with van der Waals surface area (Å²) in [7, 11) is 1.63. The third-order valence-electron chi connectivity index (χ3n) is 3.38. The largest absolute Gasteiger partial charge is 0.356 e. The van der Waals surface area contributed by atoms with Gasteiger partial charge in [-0.2, -0.15) is 0 Å². The molecule has 0 spiro atoms. The van der Waals surface area contributed by atoms with E-state index in [4.69, 9.17) is 0 Å². The Morgan fingerprint density at radius 2 is 2.00 bits per heavy atom. The maximum absolute atomic E-state index is 13.6. The van der Waals surface area contributed by atoms with E-state index in [9.17, 15) is 8.78 Å². The molecule has 0 bridgehead atoms. The number of thiazole rings is 1. The standard InChI is InChI=1S/C16H20F2N4S.HI/c1-10-11(2)23-15(22-10)6-7-20-16(19-3)21-9-12-8-13(17)4-5-14(12)18;/h4-5,8H,6-7,9H2,1-3H3,(H2,19,20,21);1H. The zero-order valence-corrected chi connectivity index (χ0v) is 17.0. The fraction of sp³-hybridized carbons (Fsp3) is 0.375. The van der Waals surface area contributed by atoms with Gasteiger partial charge in [0.15, 0.2) is 5.96 Å². The molecule has 24 heavy (non-hydrogen) atoms. The molecule has 0 aliphatic rings. The number of hydrogen-bond acceptors (Lipinski definition) is 3. The lowest BCUT2D eigenvalue weighted by atomic mass is 10.2. The van der Waals surface area contributed by atoms with Crippen molar-refractivity contribution in [3.8, 4) is 0 Å². The molecule has 0 atom stereocenters. The molecule has 8 heteroatoms. The minimum absolute atomic E-state index is 0. The van der Waals surface area contributed by atoms with Crippen LogP contribution in [0.25, 0.3) is 0 Å². The number of aliphatic imine (C=N–C) groups is 1. The number of aromatic nitrogens is 1. The SMILES string of the molecule is CN=C(NCCc1nc(C)c(C)s1)NCc1cc(F)ccc1F.I. The first-order chi connectivity index (χ1) is 11.0. The van der Waals surface area contributed by atoms with Crippen LogP contribution in [0.3, 0.4) is 0 Å². The summed E-state index contributed by atoms with van der Waals surface area (Å²) in [4.78, 5) is 9.77. The minimum Gasteiger partial charge on any atom is -0.356 e. The van der Waals surface area contributed by atoms with Crippen LogP contribution in [0, 0.1) is 25.5 Å². The Hall–Kier alpha value is -1.29. The van der Waals surface area contributed by atoms with Gasteiger partial charge in [0.2, 0.25) is 0 Å². The lowest BCUT2D eigenvalue weighted by molar-refractivity contribution is 0.581. The van der Waals surface area contributed by atoms with E-state index >= 15 is 0 Å². The second kappa shape index (κ2) is 9.87. The Kier molecular flexibility index (Phi) is 8.54. The predicted molar refractivity (Wildman–Crippen MR) is 105 cm³/mol. The van der Waals surface area contributed by atoms with Crippen molar-refractivity contribution < 1.29 is 8.78 Å². The summed E-state index contributed by atoms with van der Waals surface area (Å²) >= 11 is 1.68. The van der Waals surface area contributed by atoms with Gasteiger partial charge in [0.1, 0.15) is 11.6 Å². The third-order valence-corrected chi connectivity index (χ3v) is 4.51. The Morgan fingerprint density at radius 1 is 1.25 bits per heavy atom. The first kappa shape index (κ1) is 20.8. The minimum atomic E-state index is -0.458.